The van der Waals surface area contributed by atoms with Crippen LogP contribution in [0.1, 0.15) is 73.6 Å². The van der Waals surface area contributed by atoms with Crippen molar-refractivity contribution in [1.82, 2.24) is 4.90 Å². The van der Waals surface area contributed by atoms with Crippen molar-refractivity contribution >= 4 is 5.91 Å². The maximum absolute atomic E-state index is 12.2. The number of hydrogen-bond donors (Lipinski definition) is 0. The molecule has 1 fully saturated rings. The fourth-order valence-corrected chi connectivity index (χ4v) is 3.94. The minimum absolute atomic E-state index is 0.288. The Bertz CT molecular complexity index is 476. The van der Waals surface area contributed by atoms with Crippen LogP contribution in [0, 0.1) is 11.8 Å². The lowest BCUT2D eigenvalue weighted by atomic mass is 9.80. The van der Waals surface area contributed by atoms with Crippen LogP contribution in [-0.4, -0.2) is 22.9 Å². The van der Waals surface area contributed by atoms with Crippen LogP contribution in [0.4, 0.5) is 0 Å². The van der Waals surface area contributed by atoms with Crippen molar-refractivity contribution in [1.29, 1.82) is 0 Å². The first-order chi connectivity index (χ1) is 11.4. The molecule has 1 amide bonds. The predicted octanol–water partition coefficient (Wildman–Crippen LogP) is 5.91. The van der Waals surface area contributed by atoms with Gasteiger partial charge in [0.05, 0.1) is 0 Å². The molecular formula is C22H37NO. The van der Waals surface area contributed by atoms with Gasteiger partial charge in [-0.2, -0.15) is 0 Å². The number of likely N-dealkylation sites (tertiary alicyclic amines) is 1. The number of carbonyl (C=O) groups excluding carboxylic acids is 1. The van der Waals surface area contributed by atoms with E-state index < -0.39 is 0 Å². The van der Waals surface area contributed by atoms with Crippen molar-refractivity contribution in [3.05, 3.63) is 36.0 Å². The summed E-state index contributed by atoms with van der Waals surface area (Å²) >= 11 is 0. The molecule has 1 heterocycles. The van der Waals surface area contributed by atoms with Crippen LogP contribution in [0.15, 0.2) is 36.0 Å². The van der Waals surface area contributed by atoms with Gasteiger partial charge in [-0.15, -0.1) is 0 Å². The van der Waals surface area contributed by atoms with E-state index in [0.717, 1.165) is 25.7 Å². The van der Waals surface area contributed by atoms with E-state index in [1.165, 1.54) is 11.1 Å². The maximum Gasteiger partial charge on any atom is 0.222 e. The van der Waals surface area contributed by atoms with E-state index in [1.54, 1.807) is 0 Å². The van der Waals surface area contributed by atoms with Crippen molar-refractivity contribution in [2.75, 3.05) is 0 Å². The topological polar surface area (TPSA) is 20.3 Å². The molecule has 0 spiro atoms. The minimum Gasteiger partial charge on any atom is -0.337 e. The first-order valence-corrected chi connectivity index (χ1v) is 9.74. The van der Waals surface area contributed by atoms with E-state index in [-0.39, 0.29) is 5.91 Å². The Morgan fingerprint density at radius 1 is 1.21 bits per heavy atom. The number of amides is 1. The molecule has 1 aliphatic rings. The zero-order chi connectivity index (χ0) is 18.3. The van der Waals surface area contributed by atoms with Gasteiger partial charge in [0.25, 0.3) is 0 Å². The summed E-state index contributed by atoms with van der Waals surface area (Å²) in [7, 11) is 0. The number of rotatable bonds is 7. The van der Waals surface area contributed by atoms with E-state index in [2.05, 4.69) is 58.2 Å². The molecule has 0 bridgehead atoms. The molecular weight excluding hydrogens is 294 g/mol. The minimum atomic E-state index is 0.288. The van der Waals surface area contributed by atoms with Gasteiger partial charge in [-0.05, 0) is 62.5 Å². The van der Waals surface area contributed by atoms with Crippen LogP contribution in [0.3, 0.4) is 0 Å². The summed E-state index contributed by atoms with van der Waals surface area (Å²) in [5, 5.41) is 0. The van der Waals surface area contributed by atoms with Crippen molar-refractivity contribution in [2.45, 2.75) is 85.7 Å². The number of nitrogens with zero attached hydrogens (tertiary/aromatic N) is 1. The highest BCUT2D eigenvalue weighted by molar-refractivity contribution is 5.76. The highest BCUT2D eigenvalue weighted by atomic mass is 16.2. The third kappa shape index (κ3) is 5.09. The molecule has 3 atom stereocenters. The highest BCUT2D eigenvalue weighted by Crippen LogP contribution is 2.35. The van der Waals surface area contributed by atoms with Crippen LogP contribution < -0.4 is 0 Å². The number of piperidine rings is 1. The molecule has 0 saturated carbocycles. The number of allylic oxidation sites excluding steroid dienone is 5. The van der Waals surface area contributed by atoms with E-state index >= 15 is 0 Å². The molecule has 0 aromatic rings. The van der Waals surface area contributed by atoms with E-state index in [1.807, 2.05) is 13.0 Å². The molecule has 1 rings (SSSR count). The Morgan fingerprint density at radius 3 is 2.21 bits per heavy atom. The Kier molecular flexibility index (Phi) is 8.52. The summed E-state index contributed by atoms with van der Waals surface area (Å²) in [5.74, 6) is 1.37. The first-order valence-electron chi connectivity index (χ1n) is 9.74. The van der Waals surface area contributed by atoms with Gasteiger partial charge in [0.1, 0.15) is 0 Å². The van der Waals surface area contributed by atoms with Gasteiger partial charge >= 0.3 is 0 Å². The molecule has 0 N–H and O–H groups in total. The molecule has 0 radical (unpaired) electrons. The second kappa shape index (κ2) is 9.86. The zero-order valence-corrected chi connectivity index (χ0v) is 16.6. The summed E-state index contributed by atoms with van der Waals surface area (Å²) in [6.45, 7) is 17.1. The molecule has 24 heavy (non-hydrogen) atoms. The van der Waals surface area contributed by atoms with Crippen LogP contribution in [0.25, 0.3) is 0 Å². The molecule has 0 aromatic carbocycles. The van der Waals surface area contributed by atoms with Crippen LogP contribution in [0.5, 0.6) is 0 Å². The fourth-order valence-electron chi connectivity index (χ4n) is 3.94. The monoisotopic (exact) mass is 331 g/mol. The van der Waals surface area contributed by atoms with Gasteiger partial charge in [0.15, 0.2) is 0 Å². The van der Waals surface area contributed by atoms with Crippen molar-refractivity contribution in [3.63, 3.8) is 0 Å². The third-order valence-electron chi connectivity index (χ3n) is 5.45. The molecule has 3 unspecified atom stereocenters. The lowest BCUT2D eigenvalue weighted by molar-refractivity contribution is -0.137. The molecule has 0 aromatic heterocycles. The normalized spacial score (nSPS) is 27.1. The molecule has 1 aliphatic heterocycles. The van der Waals surface area contributed by atoms with Crippen LogP contribution in [-0.2, 0) is 4.79 Å². The van der Waals surface area contributed by atoms with Crippen LogP contribution in [0.2, 0.25) is 0 Å². The zero-order valence-electron chi connectivity index (χ0n) is 16.6. The van der Waals surface area contributed by atoms with Gasteiger partial charge in [0.2, 0.25) is 5.91 Å². The lowest BCUT2D eigenvalue weighted by Gasteiger charge is -2.43. The summed E-state index contributed by atoms with van der Waals surface area (Å²) in [6, 6.07) is 0.631. The Morgan fingerprint density at radius 2 is 1.79 bits per heavy atom. The molecule has 2 heteroatoms. The Hall–Kier alpha value is -1.31. The second-order valence-electron chi connectivity index (χ2n) is 7.29. The first kappa shape index (κ1) is 20.7. The van der Waals surface area contributed by atoms with Gasteiger partial charge in [-0.1, -0.05) is 52.5 Å². The standard InChI is InChI=1S/C22H37NO/c1-8-12-20(15-19(10-3)16(5)9-2)21-13-17(6)23(18(7)14-21)22(24)11-4/h10,12,15-18,21H,3,8-9,11,13-14H2,1-2,4-7H3/b19-15-,20-12?. The van der Waals surface area contributed by atoms with Gasteiger partial charge < -0.3 is 4.90 Å². The average Bonchev–Trinajstić information content (AvgIpc) is 2.56. The summed E-state index contributed by atoms with van der Waals surface area (Å²) < 4.78 is 0. The Balaban J connectivity index is 3.04. The third-order valence-corrected chi connectivity index (χ3v) is 5.45. The SMILES string of the molecule is C=C/C(=C/C(=CCC)C1CC(C)N(C(=O)CC)C(C)C1)C(C)CC. The predicted molar refractivity (Wildman–Crippen MR) is 105 cm³/mol. The average molecular weight is 332 g/mol. The van der Waals surface area contributed by atoms with Crippen molar-refractivity contribution < 1.29 is 4.79 Å². The van der Waals surface area contributed by atoms with Crippen molar-refractivity contribution in [2.24, 2.45) is 11.8 Å². The van der Waals surface area contributed by atoms with E-state index in [9.17, 15) is 4.79 Å². The highest BCUT2D eigenvalue weighted by Gasteiger charge is 2.34. The maximum atomic E-state index is 12.2. The molecule has 136 valence electrons. The van der Waals surface area contributed by atoms with Gasteiger partial charge in [-0.25, -0.2) is 0 Å². The smallest absolute Gasteiger partial charge is 0.222 e. The lowest BCUT2D eigenvalue weighted by Crippen LogP contribution is -2.49. The van der Waals surface area contributed by atoms with E-state index in [0.29, 0.717) is 30.3 Å². The number of carbonyl (C=O) groups is 1. The van der Waals surface area contributed by atoms with Crippen molar-refractivity contribution in [3.8, 4) is 0 Å². The molecule has 0 aliphatic carbocycles. The quantitative estimate of drug-likeness (QED) is 0.531. The fraction of sp³-hybridized carbons (Fsp3) is 0.682. The van der Waals surface area contributed by atoms with Gasteiger partial charge in [0, 0.05) is 18.5 Å². The number of hydrogen-bond acceptors (Lipinski definition) is 1. The van der Waals surface area contributed by atoms with Crippen LogP contribution >= 0.6 is 0 Å². The summed E-state index contributed by atoms with van der Waals surface area (Å²) in [5.41, 5.74) is 2.78. The van der Waals surface area contributed by atoms with Gasteiger partial charge in [-0.3, -0.25) is 4.79 Å². The van der Waals surface area contributed by atoms with E-state index in [4.69, 9.17) is 0 Å². The molecule has 2 nitrogen and oxygen atoms in total. The Labute approximate surface area is 149 Å². The molecule has 1 saturated heterocycles. The second-order valence-corrected chi connectivity index (χ2v) is 7.29. The summed E-state index contributed by atoms with van der Waals surface area (Å²) in [4.78, 5) is 14.3. The summed E-state index contributed by atoms with van der Waals surface area (Å²) in [6.07, 6.45) is 11.7. The largest absolute Gasteiger partial charge is 0.337 e.